The van der Waals surface area contributed by atoms with Crippen LogP contribution >= 0.6 is 11.6 Å². The summed E-state index contributed by atoms with van der Waals surface area (Å²) in [5, 5.41) is 0.659. The number of benzene rings is 2. The van der Waals surface area contributed by atoms with Gasteiger partial charge in [-0.3, -0.25) is 4.79 Å². The quantitative estimate of drug-likeness (QED) is 0.395. The number of carbonyl (C=O) groups is 1. The van der Waals surface area contributed by atoms with Crippen molar-refractivity contribution in [2.45, 2.75) is 39.5 Å². The summed E-state index contributed by atoms with van der Waals surface area (Å²) in [6, 6.07) is 17.8. The first-order valence-corrected chi connectivity index (χ1v) is 10.00. The SMILES string of the molecule is CC(C)=CC[C@@H]1C(C)=CC[C@@H](c2ccccc2)[C@@H]1C(=O)c1ccc(Cl)cc1. The second-order valence-electron chi connectivity index (χ2n) is 7.72. The Morgan fingerprint density at radius 2 is 1.74 bits per heavy atom. The van der Waals surface area contributed by atoms with E-state index in [0.717, 1.165) is 18.4 Å². The van der Waals surface area contributed by atoms with Crippen molar-refractivity contribution in [2.75, 3.05) is 0 Å². The lowest BCUT2D eigenvalue weighted by molar-refractivity contribution is 0.0850. The van der Waals surface area contributed by atoms with Crippen LogP contribution in [0, 0.1) is 11.8 Å². The third-order valence-corrected chi connectivity index (χ3v) is 5.84. The zero-order valence-electron chi connectivity index (χ0n) is 16.3. The molecule has 0 fully saturated rings. The van der Waals surface area contributed by atoms with Gasteiger partial charge in [0.2, 0.25) is 0 Å². The van der Waals surface area contributed by atoms with E-state index in [1.807, 2.05) is 30.3 Å². The van der Waals surface area contributed by atoms with Crippen molar-refractivity contribution in [3.63, 3.8) is 0 Å². The van der Waals surface area contributed by atoms with Gasteiger partial charge in [0.15, 0.2) is 5.78 Å². The summed E-state index contributed by atoms with van der Waals surface area (Å²) in [5.74, 6) is 0.588. The first-order chi connectivity index (χ1) is 13.0. The Morgan fingerprint density at radius 3 is 2.37 bits per heavy atom. The Morgan fingerprint density at radius 1 is 1.07 bits per heavy atom. The molecule has 0 N–H and O–H groups in total. The zero-order chi connectivity index (χ0) is 19.4. The van der Waals surface area contributed by atoms with E-state index < -0.39 is 0 Å². The topological polar surface area (TPSA) is 17.1 Å². The van der Waals surface area contributed by atoms with Gasteiger partial charge in [-0.15, -0.1) is 0 Å². The highest BCUT2D eigenvalue weighted by molar-refractivity contribution is 6.30. The van der Waals surface area contributed by atoms with E-state index in [1.54, 1.807) is 0 Å². The lowest BCUT2D eigenvalue weighted by Gasteiger charge is -2.37. The molecule has 0 saturated carbocycles. The van der Waals surface area contributed by atoms with E-state index in [0.29, 0.717) is 5.02 Å². The average Bonchev–Trinajstić information content (AvgIpc) is 2.67. The highest BCUT2D eigenvalue weighted by Gasteiger charge is 2.38. The molecule has 0 aromatic heterocycles. The van der Waals surface area contributed by atoms with E-state index in [1.165, 1.54) is 16.7 Å². The predicted molar refractivity (Wildman–Crippen MR) is 114 cm³/mol. The summed E-state index contributed by atoms with van der Waals surface area (Å²) in [6.45, 7) is 6.41. The van der Waals surface area contributed by atoms with Gasteiger partial charge in [0.05, 0.1) is 0 Å². The lowest BCUT2D eigenvalue weighted by atomic mass is 9.66. The lowest BCUT2D eigenvalue weighted by Crippen LogP contribution is -2.33. The van der Waals surface area contributed by atoms with Gasteiger partial charge in [-0.25, -0.2) is 0 Å². The van der Waals surface area contributed by atoms with Crippen LogP contribution < -0.4 is 0 Å². The van der Waals surface area contributed by atoms with Gasteiger partial charge in [0.1, 0.15) is 0 Å². The van der Waals surface area contributed by atoms with Crippen LogP contribution in [0.2, 0.25) is 5.02 Å². The normalized spacial score (nSPS) is 22.1. The van der Waals surface area contributed by atoms with Crippen LogP contribution in [0.1, 0.15) is 55.5 Å². The molecule has 2 aromatic carbocycles. The number of ketones is 1. The van der Waals surface area contributed by atoms with Gasteiger partial charge < -0.3 is 0 Å². The number of halogens is 1. The minimum atomic E-state index is -0.0609. The standard InChI is InChI=1S/C25H27ClO/c1-17(2)9-15-22-18(3)10-16-23(19-7-5-4-6-8-19)24(22)25(27)20-11-13-21(26)14-12-20/h4-14,22-24H,15-16H2,1-3H3/t22-,23+,24-/m1/s1. The van der Waals surface area contributed by atoms with Crippen LogP contribution in [-0.2, 0) is 0 Å². The van der Waals surface area contributed by atoms with Crippen LogP contribution in [0.3, 0.4) is 0 Å². The van der Waals surface area contributed by atoms with Gasteiger partial charge in [-0.05, 0) is 75.3 Å². The highest BCUT2D eigenvalue weighted by Crippen LogP contribution is 2.44. The van der Waals surface area contributed by atoms with Crippen molar-refractivity contribution >= 4 is 17.4 Å². The van der Waals surface area contributed by atoms with Crippen molar-refractivity contribution in [3.05, 3.63) is 94.0 Å². The van der Waals surface area contributed by atoms with Crippen molar-refractivity contribution in [2.24, 2.45) is 11.8 Å². The highest BCUT2D eigenvalue weighted by atomic mass is 35.5. The fourth-order valence-corrected chi connectivity index (χ4v) is 4.21. The Balaban J connectivity index is 2.03. The fourth-order valence-electron chi connectivity index (χ4n) is 4.09. The predicted octanol–water partition coefficient (Wildman–Crippen LogP) is 7.25. The van der Waals surface area contributed by atoms with E-state index in [2.05, 4.69) is 57.2 Å². The second-order valence-corrected chi connectivity index (χ2v) is 8.16. The second kappa shape index (κ2) is 8.71. The fraction of sp³-hybridized carbons (Fsp3) is 0.320. The molecule has 1 nitrogen and oxygen atoms in total. The molecule has 3 rings (SSSR count). The van der Waals surface area contributed by atoms with Crippen LogP contribution in [-0.4, -0.2) is 5.78 Å². The summed E-state index contributed by atoms with van der Waals surface area (Å²) >= 11 is 6.03. The Kier molecular flexibility index (Phi) is 6.34. The molecule has 0 aliphatic heterocycles. The van der Waals surface area contributed by atoms with Gasteiger partial charge >= 0.3 is 0 Å². The molecule has 0 saturated heterocycles. The Labute approximate surface area is 167 Å². The number of Topliss-reactive ketones (excluding diaryl/α,β-unsaturated/α-hetero) is 1. The first-order valence-electron chi connectivity index (χ1n) is 9.62. The van der Waals surface area contributed by atoms with E-state index in [9.17, 15) is 4.79 Å². The third-order valence-electron chi connectivity index (χ3n) is 5.58. The van der Waals surface area contributed by atoms with Crippen LogP contribution in [0.4, 0.5) is 0 Å². The van der Waals surface area contributed by atoms with Gasteiger partial charge in [-0.1, -0.05) is 65.2 Å². The number of hydrogen-bond donors (Lipinski definition) is 0. The summed E-state index contributed by atoms with van der Waals surface area (Å²) in [7, 11) is 0. The minimum Gasteiger partial charge on any atom is -0.294 e. The first kappa shape index (κ1) is 19.6. The minimum absolute atomic E-state index is 0.0609. The smallest absolute Gasteiger partial charge is 0.167 e. The number of allylic oxidation sites excluding steroid dienone is 4. The molecule has 1 aliphatic carbocycles. The van der Waals surface area contributed by atoms with E-state index in [-0.39, 0.29) is 23.5 Å². The molecule has 0 spiro atoms. The van der Waals surface area contributed by atoms with Crippen molar-refractivity contribution in [1.82, 2.24) is 0 Å². The molecule has 0 amide bonds. The molecule has 3 atom stereocenters. The maximum absolute atomic E-state index is 13.6. The molecule has 140 valence electrons. The molecule has 0 bridgehead atoms. The number of carbonyl (C=O) groups excluding carboxylic acids is 1. The van der Waals surface area contributed by atoms with Crippen molar-refractivity contribution < 1.29 is 4.79 Å². The van der Waals surface area contributed by atoms with Crippen molar-refractivity contribution in [1.29, 1.82) is 0 Å². The number of hydrogen-bond acceptors (Lipinski definition) is 1. The Bertz CT molecular complexity index is 842. The molecule has 2 aromatic rings. The molecular weight excluding hydrogens is 352 g/mol. The van der Waals surface area contributed by atoms with Crippen LogP contribution in [0.25, 0.3) is 0 Å². The molecule has 0 heterocycles. The molecule has 0 radical (unpaired) electrons. The average molecular weight is 379 g/mol. The summed E-state index contributed by atoms with van der Waals surface area (Å²) in [4.78, 5) is 13.6. The molecule has 0 unspecified atom stereocenters. The summed E-state index contributed by atoms with van der Waals surface area (Å²) < 4.78 is 0. The zero-order valence-corrected chi connectivity index (χ0v) is 17.0. The maximum atomic E-state index is 13.6. The van der Waals surface area contributed by atoms with Crippen LogP contribution in [0.5, 0.6) is 0 Å². The number of rotatable bonds is 5. The maximum Gasteiger partial charge on any atom is 0.167 e. The monoisotopic (exact) mass is 378 g/mol. The molecular formula is C25H27ClO. The summed E-state index contributed by atoms with van der Waals surface area (Å²) in [5.41, 5.74) is 4.62. The summed E-state index contributed by atoms with van der Waals surface area (Å²) in [6.07, 6.45) is 6.40. The van der Waals surface area contributed by atoms with Gasteiger partial charge in [0.25, 0.3) is 0 Å². The van der Waals surface area contributed by atoms with E-state index >= 15 is 0 Å². The Hall–Kier alpha value is -2.12. The third kappa shape index (κ3) is 4.59. The van der Waals surface area contributed by atoms with Gasteiger partial charge in [-0.2, -0.15) is 0 Å². The van der Waals surface area contributed by atoms with Gasteiger partial charge in [0, 0.05) is 16.5 Å². The largest absolute Gasteiger partial charge is 0.294 e. The molecule has 27 heavy (non-hydrogen) atoms. The molecule has 2 heteroatoms. The van der Waals surface area contributed by atoms with Crippen molar-refractivity contribution in [3.8, 4) is 0 Å². The van der Waals surface area contributed by atoms with Crippen LogP contribution in [0.15, 0.2) is 77.9 Å². The molecule has 1 aliphatic rings. The van der Waals surface area contributed by atoms with E-state index in [4.69, 9.17) is 11.6 Å².